The predicted octanol–water partition coefficient (Wildman–Crippen LogP) is 7.23. The Balaban J connectivity index is 1.68. The lowest BCUT2D eigenvalue weighted by atomic mass is 9.44. The van der Waals surface area contributed by atoms with Crippen molar-refractivity contribution in [2.24, 2.45) is 39.4 Å². The SMILES string of the molecule is CC(C)=CCC(O)[C@@H](C)[C@H]1CC[C@@]2(C)C3=CCC4C(C)(C)[C@@H](O)CC[C@]4(C)C3=CC[C@]12C. The molecule has 0 aromatic heterocycles. The van der Waals surface area contributed by atoms with Crippen molar-refractivity contribution >= 4 is 0 Å². The summed E-state index contributed by atoms with van der Waals surface area (Å²) in [5.41, 5.74) is 5.02. The van der Waals surface area contributed by atoms with E-state index in [1.54, 1.807) is 11.1 Å². The lowest BCUT2D eigenvalue weighted by Gasteiger charge is -2.61. The monoisotopic (exact) mass is 440 g/mol. The summed E-state index contributed by atoms with van der Waals surface area (Å²) < 4.78 is 0. The molecule has 4 rings (SSSR count). The molecule has 0 spiro atoms. The molecule has 8 atom stereocenters. The molecule has 2 unspecified atom stereocenters. The Morgan fingerprint density at radius 1 is 1.06 bits per heavy atom. The van der Waals surface area contributed by atoms with E-state index in [0.29, 0.717) is 17.8 Å². The fourth-order valence-electron chi connectivity index (χ4n) is 8.71. The van der Waals surface area contributed by atoms with Crippen molar-refractivity contribution in [1.82, 2.24) is 0 Å². The summed E-state index contributed by atoms with van der Waals surface area (Å²) in [5.74, 6) is 1.36. The minimum Gasteiger partial charge on any atom is -0.393 e. The largest absolute Gasteiger partial charge is 0.393 e. The molecule has 2 nitrogen and oxygen atoms in total. The predicted molar refractivity (Wildman–Crippen MR) is 134 cm³/mol. The first-order valence-electron chi connectivity index (χ1n) is 13.2. The van der Waals surface area contributed by atoms with Crippen molar-refractivity contribution in [3.63, 3.8) is 0 Å². The Bertz CT molecular complexity index is 843. The van der Waals surface area contributed by atoms with Crippen LogP contribution in [0.25, 0.3) is 0 Å². The topological polar surface area (TPSA) is 40.5 Å². The molecule has 0 aromatic rings. The molecule has 2 N–H and O–H groups in total. The highest BCUT2D eigenvalue weighted by atomic mass is 16.3. The van der Waals surface area contributed by atoms with Gasteiger partial charge in [0.25, 0.3) is 0 Å². The number of fused-ring (bicyclic) bond motifs is 5. The molecule has 2 heteroatoms. The van der Waals surface area contributed by atoms with Gasteiger partial charge in [0.05, 0.1) is 12.2 Å². The fraction of sp³-hybridized carbons (Fsp3) is 0.800. The number of hydrogen-bond acceptors (Lipinski definition) is 2. The molecule has 0 saturated heterocycles. The van der Waals surface area contributed by atoms with Gasteiger partial charge >= 0.3 is 0 Å². The van der Waals surface area contributed by atoms with Crippen LogP contribution in [-0.4, -0.2) is 22.4 Å². The van der Waals surface area contributed by atoms with Gasteiger partial charge in [-0.25, -0.2) is 0 Å². The summed E-state index contributed by atoms with van der Waals surface area (Å²) >= 11 is 0. The second-order valence-corrected chi connectivity index (χ2v) is 13.4. The minimum atomic E-state index is -0.262. The van der Waals surface area contributed by atoms with Crippen molar-refractivity contribution < 1.29 is 10.2 Å². The van der Waals surface area contributed by atoms with Crippen LogP contribution in [0.5, 0.6) is 0 Å². The summed E-state index contributed by atoms with van der Waals surface area (Å²) in [6.45, 7) is 18.7. The van der Waals surface area contributed by atoms with Gasteiger partial charge in [-0.05, 0) is 109 Å². The first kappa shape index (κ1) is 24.3. The smallest absolute Gasteiger partial charge is 0.0603 e. The van der Waals surface area contributed by atoms with Crippen molar-refractivity contribution in [1.29, 1.82) is 0 Å². The van der Waals surface area contributed by atoms with Gasteiger partial charge in [-0.2, -0.15) is 0 Å². The minimum absolute atomic E-state index is 0.0424. The molecular weight excluding hydrogens is 392 g/mol. The summed E-state index contributed by atoms with van der Waals surface area (Å²) in [7, 11) is 0. The number of aliphatic hydroxyl groups excluding tert-OH is 2. The maximum atomic E-state index is 11.0. The van der Waals surface area contributed by atoms with E-state index >= 15 is 0 Å². The van der Waals surface area contributed by atoms with E-state index in [-0.39, 0.29) is 33.9 Å². The Kier molecular flexibility index (Phi) is 5.95. The van der Waals surface area contributed by atoms with E-state index in [2.05, 4.69) is 73.6 Å². The van der Waals surface area contributed by atoms with Crippen LogP contribution < -0.4 is 0 Å². The Morgan fingerprint density at radius 2 is 1.75 bits per heavy atom. The Hall–Kier alpha value is -0.860. The van der Waals surface area contributed by atoms with E-state index in [4.69, 9.17) is 0 Å². The number of aliphatic hydroxyl groups is 2. The first-order chi connectivity index (χ1) is 14.8. The van der Waals surface area contributed by atoms with E-state index < -0.39 is 0 Å². The van der Waals surface area contributed by atoms with E-state index in [9.17, 15) is 10.2 Å². The molecule has 2 saturated carbocycles. The lowest BCUT2D eigenvalue weighted by molar-refractivity contribution is -0.0854. The molecule has 4 aliphatic rings. The van der Waals surface area contributed by atoms with Gasteiger partial charge in [0.2, 0.25) is 0 Å². The van der Waals surface area contributed by atoms with Gasteiger partial charge in [0, 0.05) is 0 Å². The van der Waals surface area contributed by atoms with Crippen LogP contribution in [0.4, 0.5) is 0 Å². The van der Waals surface area contributed by atoms with Crippen molar-refractivity contribution in [3.05, 3.63) is 34.9 Å². The van der Waals surface area contributed by atoms with Crippen LogP contribution in [0.1, 0.15) is 100 Å². The van der Waals surface area contributed by atoms with Crippen molar-refractivity contribution in [2.75, 3.05) is 0 Å². The normalized spacial score (nSPS) is 44.4. The van der Waals surface area contributed by atoms with Crippen molar-refractivity contribution in [2.45, 2.75) is 113 Å². The average Bonchev–Trinajstić information content (AvgIpc) is 3.00. The van der Waals surface area contributed by atoms with Gasteiger partial charge in [-0.1, -0.05) is 65.3 Å². The Morgan fingerprint density at radius 3 is 2.41 bits per heavy atom. The summed E-state index contributed by atoms with van der Waals surface area (Å²) in [6, 6.07) is 0. The standard InChI is InChI=1S/C30H48O2/c1-19(2)9-11-24(31)20(3)21-13-17-30(8)23-10-12-25-27(4,5)26(32)15-16-28(25,6)22(23)14-18-29(21,30)7/h9-10,14,20-21,24-26,31-32H,11-13,15-18H2,1-8H3/t20-,21+,24?,25?,26-,28+,29+,30-/m0/s1. The number of rotatable bonds is 4. The summed E-state index contributed by atoms with van der Waals surface area (Å²) in [5, 5.41) is 21.8. The summed E-state index contributed by atoms with van der Waals surface area (Å²) in [4.78, 5) is 0. The van der Waals surface area contributed by atoms with Gasteiger partial charge in [-0.15, -0.1) is 0 Å². The third-order valence-corrected chi connectivity index (χ3v) is 11.3. The van der Waals surface area contributed by atoms with E-state index in [1.165, 1.54) is 18.4 Å². The fourth-order valence-corrected chi connectivity index (χ4v) is 8.71. The zero-order valence-corrected chi connectivity index (χ0v) is 22.0. The number of allylic oxidation sites excluding steroid dienone is 5. The molecule has 180 valence electrons. The maximum Gasteiger partial charge on any atom is 0.0603 e. The van der Waals surface area contributed by atoms with Crippen LogP contribution in [-0.2, 0) is 0 Å². The highest BCUT2D eigenvalue weighted by Gasteiger charge is 2.63. The van der Waals surface area contributed by atoms with Crippen LogP contribution in [0.2, 0.25) is 0 Å². The second-order valence-electron chi connectivity index (χ2n) is 13.4. The van der Waals surface area contributed by atoms with Gasteiger partial charge in [0.15, 0.2) is 0 Å². The third kappa shape index (κ3) is 3.26. The number of hydrogen-bond donors (Lipinski definition) is 2. The third-order valence-electron chi connectivity index (χ3n) is 11.3. The van der Waals surface area contributed by atoms with Crippen LogP contribution in [0.15, 0.2) is 34.9 Å². The molecule has 0 aromatic carbocycles. The van der Waals surface area contributed by atoms with Gasteiger partial charge < -0.3 is 10.2 Å². The zero-order chi connectivity index (χ0) is 23.7. The highest BCUT2D eigenvalue weighted by Crippen LogP contribution is 2.71. The second kappa shape index (κ2) is 7.84. The molecule has 0 bridgehead atoms. The van der Waals surface area contributed by atoms with E-state index in [0.717, 1.165) is 32.1 Å². The molecule has 0 radical (unpaired) electrons. The van der Waals surface area contributed by atoms with Gasteiger partial charge in [0.1, 0.15) is 0 Å². The first-order valence-corrected chi connectivity index (χ1v) is 13.2. The molecule has 0 amide bonds. The molecule has 2 fully saturated rings. The van der Waals surface area contributed by atoms with Crippen LogP contribution in [0, 0.1) is 39.4 Å². The van der Waals surface area contributed by atoms with Crippen molar-refractivity contribution in [3.8, 4) is 0 Å². The average molecular weight is 441 g/mol. The lowest BCUT2D eigenvalue weighted by Crippen LogP contribution is -2.54. The van der Waals surface area contributed by atoms with E-state index in [1.807, 2.05) is 0 Å². The van der Waals surface area contributed by atoms with Crippen LogP contribution >= 0.6 is 0 Å². The summed E-state index contributed by atoms with van der Waals surface area (Å²) in [6.07, 6.45) is 14.3. The molecule has 0 heterocycles. The highest BCUT2D eigenvalue weighted by molar-refractivity contribution is 5.49. The quantitative estimate of drug-likeness (QED) is 0.453. The Labute approximate surface area is 197 Å². The van der Waals surface area contributed by atoms with Gasteiger partial charge in [-0.3, -0.25) is 0 Å². The zero-order valence-electron chi connectivity index (χ0n) is 22.0. The maximum absolute atomic E-state index is 11.0. The molecule has 32 heavy (non-hydrogen) atoms. The molecule has 4 aliphatic carbocycles. The molecular formula is C30H48O2. The molecule has 0 aliphatic heterocycles. The van der Waals surface area contributed by atoms with Crippen LogP contribution in [0.3, 0.4) is 0 Å².